The molecule has 0 saturated heterocycles. The van der Waals surface area contributed by atoms with E-state index in [1.165, 1.54) is 12.1 Å². The zero-order valence-electron chi connectivity index (χ0n) is 10.2. The Kier molecular flexibility index (Phi) is 4.33. The molecule has 20 heavy (non-hydrogen) atoms. The van der Waals surface area contributed by atoms with Crippen molar-refractivity contribution in [1.82, 2.24) is 16.2 Å². The van der Waals surface area contributed by atoms with Crippen molar-refractivity contribution in [1.29, 1.82) is 0 Å². The summed E-state index contributed by atoms with van der Waals surface area (Å²) in [5.74, 6) is -3.41. The van der Waals surface area contributed by atoms with Crippen molar-refractivity contribution >= 4 is 33.7 Å². The second-order valence-corrected chi connectivity index (χ2v) is 5.20. The molecular weight excluding hydrogens is 333 g/mol. The Morgan fingerprint density at radius 3 is 2.50 bits per heavy atom. The van der Waals surface area contributed by atoms with E-state index in [1.807, 2.05) is 10.9 Å². The number of rotatable bonds is 2. The van der Waals surface area contributed by atoms with Crippen LogP contribution in [0.1, 0.15) is 23.2 Å². The first-order valence-electron chi connectivity index (χ1n) is 5.83. The van der Waals surface area contributed by atoms with Crippen molar-refractivity contribution in [3.8, 4) is 0 Å². The van der Waals surface area contributed by atoms with E-state index in [1.54, 1.807) is 0 Å². The van der Waals surface area contributed by atoms with Gasteiger partial charge in [-0.15, -0.1) is 0 Å². The highest BCUT2D eigenvalue weighted by Gasteiger charge is 2.26. The molecule has 0 heterocycles. The van der Waals surface area contributed by atoms with Gasteiger partial charge in [0.05, 0.1) is 5.56 Å². The van der Waals surface area contributed by atoms with E-state index < -0.39 is 23.5 Å². The molecule has 0 radical (unpaired) electrons. The molecule has 0 spiro atoms. The fourth-order valence-electron chi connectivity index (χ4n) is 1.39. The van der Waals surface area contributed by atoms with Crippen molar-refractivity contribution in [2.75, 3.05) is 0 Å². The third-order valence-electron chi connectivity index (χ3n) is 2.58. The van der Waals surface area contributed by atoms with E-state index in [9.17, 15) is 18.8 Å². The Morgan fingerprint density at radius 2 is 1.85 bits per heavy atom. The van der Waals surface area contributed by atoms with Crippen LogP contribution in [0.15, 0.2) is 22.7 Å². The second kappa shape index (κ2) is 6.00. The molecular formula is C12H11BrFN3O3. The van der Waals surface area contributed by atoms with E-state index in [2.05, 4.69) is 21.2 Å². The Hall–Kier alpha value is -1.96. The summed E-state index contributed by atoms with van der Waals surface area (Å²) in [6.45, 7) is 0. The molecule has 1 aliphatic carbocycles. The van der Waals surface area contributed by atoms with Crippen LogP contribution in [-0.2, 0) is 9.59 Å². The van der Waals surface area contributed by atoms with Gasteiger partial charge in [0.15, 0.2) is 0 Å². The van der Waals surface area contributed by atoms with Gasteiger partial charge in [-0.2, -0.15) is 0 Å². The number of hydrogen-bond donors (Lipinski definition) is 3. The molecule has 0 aliphatic heterocycles. The SMILES string of the molecule is O=C(NNC(=O)c1cc(Br)ccc1F)C(=O)NC1CC1. The van der Waals surface area contributed by atoms with Crippen LogP contribution in [0.3, 0.4) is 0 Å². The highest BCUT2D eigenvalue weighted by Crippen LogP contribution is 2.18. The first-order valence-corrected chi connectivity index (χ1v) is 6.63. The molecule has 0 unspecified atom stereocenters. The highest BCUT2D eigenvalue weighted by molar-refractivity contribution is 9.10. The molecule has 8 heteroatoms. The number of benzene rings is 1. The number of carbonyl (C=O) groups excluding carboxylic acids is 3. The number of nitrogens with one attached hydrogen (secondary N) is 3. The van der Waals surface area contributed by atoms with Crippen LogP contribution < -0.4 is 16.2 Å². The van der Waals surface area contributed by atoms with E-state index in [-0.39, 0.29) is 11.6 Å². The van der Waals surface area contributed by atoms with Gasteiger partial charge in [-0.3, -0.25) is 25.2 Å². The molecule has 1 aromatic rings. The highest BCUT2D eigenvalue weighted by atomic mass is 79.9. The lowest BCUT2D eigenvalue weighted by Crippen LogP contribution is -2.49. The normalized spacial score (nSPS) is 13.5. The smallest absolute Gasteiger partial charge is 0.327 e. The van der Waals surface area contributed by atoms with Gasteiger partial charge in [0, 0.05) is 10.5 Å². The molecule has 3 amide bonds. The molecule has 0 aromatic heterocycles. The maximum Gasteiger partial charge on any atom is 0.327 e. The first kappa shape index (κ1) is 14.4. The van der Waals surface area contributed by atoms with Crippen molar-refractivity contribution in [3.63, 3.8) is 0 Å². The van der Waals surface area contributed by atoms with Crippen LogP contribution in [0.25, 0.3) is 0 Å². The minimum Gasteiger partial charge on any atom is -0.345 e. The Bertz CT molecular complexity index is 575. The zero-order chi connectivity index (χ0) is 14.7. The zero-order valence-corrected chi connectivity index (χ0v) is 11.8. The summed E-state index contributed by atoms with van der Waals surface area (Å²) in [5.41, 5.74) is 3.66. The average Bonchev–Trinajstić information content (AvgIpc) is 3.22. The molecule has 106 valence electrons. The molecule has 0 bridgehead atoms. The molecule has 6 nitrogen and oxygen atoms in total. The summed E-state index contributed by atoms with van der Waals surface area (Å²) in [7, 11) is 0. The standard InChI is InChI=1S/C12H11BrFN3O3/c13-6-1-4-9(14)8(5-6)10(18)16-17-12(20)11(19)15-7-2-3-7/h1,4-5,7H,2-3H2,(H,15,19)(H,16,18)(H,17,20). The number of hydrogen-bond acceptors (Lipinski definition) is 3. The summed E-state index contributed by atoms with van der Waals surface area (Å²) in [6.07, 6.45) is 1.68. The van der Waals surface area contributed by atoms with Crippen LogP contribution in [0.4, 0.5) is 4.39 Å². The maximum atomic E-state index is 13.4. The van der Waals surface area contributed by atoms with Gasteiger partial charge in [0.1, 0.15) is 5.82 Å². The molecule has 0 atom stereocenters. The third-order valence-corrected chi connectivity index (χ3v) is 3.07. The van der Waals surface area contributed by atoms with Gasteiger partial charge in [-0.25, -0.2) is 4.39 Å². The third kappa shape index (κ3) is 3.77. The fourth-order valence-corrected chi connectivity index (χ4v) is 1.75. The molecule has 1 aromatic carbocycles. The van der Waals surface area contributed by atoms with Gasteiger partial charge in [-0.1, -0.05) is 15.9 Å². The van der Waals surface area contributed by atoms with Crippen LogP contribution in [-0.4, -0.2) is 23.8 Å². The monoisotopic (exact) mass is 343 g/mol. The van der Waals surface area contributed by atoms with Gasteiger partial charge < -0.3 is 5.32 Å². The topological polar surface area (TPSA) is 87.3 Å². The number of hydrazine groups is 1. The summed E-state index contributed by atoms with van der Waals surface area (Å²) in [6, 6.07) is 3.85. The summed E-state index contributed by atoms with van der Waals surface area (Å²) < 4.78 is 13.9. The van der Waals surface area contributed by atoms with Gasteiger partial charge >= 0.3 is 11.8 Å². The minimum atomic E-state index is -0.999. The van der Waals surface area contributed by atoms with E-state index in [0.717, 1.165) is 18.9 Å². The van der Waals surface area contributed by atoms with Gasteiger partial charge in [0.25, 0.3) is 5.91 Å². The number of carbonyl (C=O) groups is 3. The van der Waals surface area contributed by atoms with Crippen molar-refractivity contribution in [2.45, 2.75) is 18.9 Å². The lowest BCUT2D eigenvalue weighted by molar-refractivity contribution is -0.139. The Labute approximate surface area is 122 Å². The summed E-state index contributed by atoms with van der Waals surface area (Å²) in [5, 5.41) is 2.45. The fraction of sp³-hybridized carbons (Fsp3) is 0.250. The average molecular weight is 344 g/mol. The van der Waals surface area contributed by atoms with E-state index in [4.69, 9.17) is 0 Å². The largest absolute Gasteiger partial charge is 0.345 e. The second-order valence-electron chi connectivity index (χ2n) is 4.28. The predicted molar refractivity (Wildman–Crippen MR) is 70.9 cm³/mol. The first-order chi connectivity index (χ1) is 9.47. The summed E-state index contributed by atoms with van der Waals surface area (Å²) >= 11 is 3.10. The minimum absolute atomic E-state index is 0.0338. The lowest BCUT2D eigenvalue weighted by atomic mass is 10.2. The maximum absolute atomic E-state index is 13.4. The molecule has 1 fully saturated rings. The van der Waals surface area contributed by atoms with Crippen molar-refractivity contribution in [2.24, 2.45) is 0 Å². The van der Waals surface area contributed by atoms with Crippen molar-refractivity contribution < 1.29 is 18.8 Å². The van der Waals surface area contributed by atoms with Crippen molar-refractivity contribution in [3.05, 3.63) is 34.1 Å². The van der Waals surface area contributed by atoms with E-state index >= 15 is 0 Å². The van der Waals surface area contributed by atoms with Crippen LogP contribution in [0, 0.1) is 5.82 Å². The molecule has 3 N–H and O–H groups in total. The van der Waals surface area contributed by atoms with E-state index in [0.29, 0.717) is 4.47 Å². The van der Waals surface area contributed by atoms with Crippen LogP contribution in [0.2, 0.25) is 0 Å². The number of amides is 3. The number of halogens is 2. The summed E-state index contributed by atoms with van der Waals surface area (Å²) in [4.78, 5) is 34.3. The molecule has 1 aliphatic rings. The lowest BCUT2D eigenvalue weighted by Gasteiger charge is -2.08. The van der Waals surface area contributed by atoms with Gasteiger partial charge in [-0.05, 0) is 31.0 Å². The molecule has 2 rings (SSSR count). The van der Waals surface area contributed by atoms with Crippen LogP contribution in [0.5, 0.6) is 0 Å². The predicted octanol–water partition coefficient (Wildman–Crippen LogP) is 0.628. The Morgan fingerprint density at radius 1 is 1.15 bits per heavy atom. The molecule has 1 saturated carbocycles. The Balaban J connectivity index is 1.89. The van der Waals surface area contributed by atoms with Gasteiger partial charge in [0.2, 0.25) is 0 Å². The van der Waals surface area contributed by atoms with Crippen LogP contribution >= 0.6 is 15.9 Å². The quantitative estimate of drug-likeness (QED) is 0.543.